The van der Waals surface area contributed by atoms with Gasteiger partial charge in [-0.05, 0) is 6.07 Å². The van der Waals surface area contributed by atoms with E-state index in [0.717, 1.165) is 0 Å². The van der Waals surface area contributed by atoms with E-state index in [-0.39, 0.29) is 18.0 Å². The second-order valence-corrected chi connectivity index (χ2v) is 4.66. The number of nitro benzene ring substituents is 1. The highest BCUT2D eigenvalue weighted by molar-refractivity contribution is 5.77. The standard InChI is InChI=1S/C14H10F2N2O2/c15-13(16)7-8-4-5-9-11(6-8)17-10-2-1-3-12(14(9)10)18(19)20/h1-6,8,13H,7H2. The van der Waals surface area contributed by atoms with Gasteiger partial charge in [0.15, 0.2) is 0 Å². The van der Waals surface area contributed by atoms with Crippen LogP contribution in [-0.4, -0.2) is 11.3 Å². The monoisotopic (exact) mass is 276 g/mol. The van der Waals surface area contributed by atoms with Crippen LogP contribution in [0.1, 0.15) is 6.42 Å². The molecule has 1 atom stereocenters. The Morgan fingerprint density at radius 2 is 2.20 bits per heavy atom. The molecule has 1 heterocycles. The summed E-state index contributed by atoms with van der Waals surface area (Å²) in [5, 5.41) is 12.0. The van der Waals surface area contributed by atoms with E-state index in [4.69, 9.17) is 0 Å². The molecule has 0 saturated heterocycles. The van der Waals surface area contributed by atoms with Crippen LogP contribution >= 0.6 is 0 Å². The number of halogens is 2. The number of non-ortho nitro benzene ring substituents is 1. The Bertz CT molecular complexity index is 766. The zero-order chi connectivity index (χ0) is 14.3. The molecule has 1 aromatic carbocycles. The van der Waals surface area contributed by atoms with Crippen LogP contribution in [-0.2, 0) is 0 Å². The van der Waals surface area contributed by atoms with Crippen LogP contribution in [0.3, 0.4) is 0 Å². The Balaban J connectivity index is 2.15. The predicted molar refractivity (Wildman–Crippen MR) is 68.6 cm³/mol. The van der Waals surface area contributed by atoms with E-state index >= 15 is 0 Å². The van der Waals surface area contributed by atoms with Crippen molar-refractivity contribution in [1.82, 2.24) is 0 Å². The Labute approximate surface area is 112 Å². The molecule has 20 heavy (non-hydrogen) atoms. The number of hydrogen-bond donors (Lipinski definition) is 0. The molecule has 102 valence electrons. The summed E-state index contributed by atoms with van der Waals surface area (Å²) < 4.78 is 24.8. The van der Waals surface area contributed by atoms with Crippen molar-refractivity contribution in [2.45, 2.75) is 12.8 Å². The fourth-order valence-corrected chi connectivity index (χ4v) is 2.49. The summed E-state index contributed by atoms with van der Waals surface area (Å²) in [4.78, 5) is 14.9. The molecule has 1 unspecified atom stereocenters. The summed E-state index contributed by atoms with van der Waals surface area (Å²) in [6, 6.07) is 4.67. The quantitative estimate of drug-likeness (QED) is 0.627. The minimum atomic E-state index is -2.39. The molecule has 0 bridgehead atoms. The van der Waals surface area contributed by atoms with Gasteiger partial charge < -0.3 is 0 Å². The van der Waals surface area contributed by atoms with E-state index < -0.39 is 11.3 Å². The van der Waals surface area contributed by atoms with E-state index in [1.54, 1.807) is 30.4 Å². The lowest BCUT2D eigenvalue weighted by Gasteiger charge is -2.13. The summed E-state index contributed by atoms with van der Waals surface area (Å²) in [6.07, 6.45) is 2.30. The van der Waals surface area contributed by atoms with Gasteiger partial charge >= 0.3 is 0 Å². The maximum Gasteiger partial charge on any atom is 0.279 e. The Morgan fingerprint density at radius 3 is 2.90 bits per heavy atom. The number of rotatable bonds is 3. The van der Waals surface area contributed by atoms with Gasteiger partial charge in [0.05, 0.1) is 21.2 Å². The number of nitro groups is 1. The van der Waals surface area contributed by atoms with Crippen LogP contribution in [0.15, 0.2) is 47.1 Å². The van der Waals surface area contributed by atoms with Crippen LogP contribution in [0, 0.1) is 16.0 Å². The van der Waals surface area contributed by atoms with Gasteiger partial charge in [-0.15, -0.1) is 0 Å². The number of fused-ring (bicyclic) bond motifs is 2. The third kappa shape index (κ3) is 2.03. The number of nitrogens with zero attached hydrogens (tertiary/aromatic N) is 2. The number of alkyl halides is 2. The smallest absolute Gasteiger partial charge is 0.258 e. The molecule has 1 aliphatic heterocycles. The van der Waals surface area contributed by atoms with E-state index in [1.165, 1.54) is 6.07 Å². The SMILES string of the molecule is O=[N+]([O-])c1cccc2c1=C1C=CC(CC(F)F)C=C1N=2. The maximum absolute atomic E-state index is 12.4. The molecular formula is C14H10F2N2O2. The maximum atomic E-state index is 12.4. The minimum absolute atomic E-state index is 0.0124. The zero-order valence-corrected chi connectivity index (χ0v) is 10.3. The van der Waals surface area contributed by atoms with Gasteiger partial charge in [0.1, 0.15) is 0 Å². The molecule has 0 aromatic heterocycles. The number of hydrogen-bond acceptors (Lipinski definition) is 3. The zero-order valence-electron chi connectivity index (χ0n) is 10.3. The Kier molecular flexibility index (Phi) is 2.93. The van der Waals surface area contributed by atoms with Crippen LogP contribution in [0.5, 0.6) is 0 Å². The molecule has 1 aromatic rings. The van der Waals surface area contributed by atoms with Crippen LogP contribution in [0.4, 0.5) is 14.5 Å². The Morgan fingerprint density at radius 1 is 1.40 bits per heavy atom. The van der Waals surface area contributed by atoms with E-state index in [0.29, 0.717) is 21.8 Å². The molecule has 0 fully saturated rings. The summed E-state index contributed by atoms with van der Waals surface area (Å²) in [7, 11) is 0. The summed E-state index contributed by atoms with van der Waals surface area (Å²) in [6.45, 7) is 0. The molecule has 3 rings (SSSR count). The summed E-state index contributed by atoms with van der Waals surface area (Å²) in [5.41, 5.74) is 1.17. The third-order valence-corrected chi connectivity index (χ3v) is 3.34. The van der Waals surface area contributed by atoms with Crippen molar-refractivity contribution in [2.75, 3.05) is 0 Å². The van der Waals surface area contributed by atoms with Crippen molar-refractivity contribution in [3.63, 3.8) is 0 Å². The average Bonchev–Trinajstić information content (AvgIpc) is 2.74. The van der Waals surface area contributed by atoms with Crippen molar-refractivity contribution in [1.29, 1.82) is 0 Å². The number of benzene rings is 1. The van der Waals surface area contributed by atoms with Gasteiger partial charge in [-0.25, -0.2) is 13.8 Å². The largest absolute Gasteiger partial charge is 0.279 e. The first-order valence-electron chi connectivity index (χ1n) is 6.11. The molecule has 6 heteroatoms. The molecule has 0 spiro atoms. The van der Waals surface area contributed by atoms with Crippen LogP contribution in [0.2, 0.25) is 0 Å². The van der Waals surface area contributed by atoms with Crippen LogP contribution < -0.4 is 10.6 Å². The third-order valence-electron chi connectivity index (χ3n) is 3.34. The molecule has 4 nitrogen and oxygen atoms in total. The van der Waals surface area contributed by atoms with E-state index in [2.05, 4.69) is 4.99 Å². The van der Waals surface area contributed by atoms with Gasteiger partial charge in [-0.2, -0.15) is 0 Å². The number of allylic oxidation sites excluding steroid dienone is 3. The normalized spacial score (nSPS) is 19.4. The molecule has 0 radical (unpaired) electrons. The lowest BCUT2D eigenvalue weighted by molar-refractivity contribution is -0.386. The fourth-order valence-electron chi connectivity index (χ4n) is 2.49. The van der Waals surface area contributed by atoms with Crippen LogP contribution in [0.25, 0.3) is 5.57 Å². The van der Waals surface area contributed by atoms with Gasteiger partial charge in [0, 0.05) is 24.0 Å². The van der Waals surface area contributed by atoms with Crippen molar-refractivity contribution >= 4 is 11.3 Å². The summed E-state index contributed by atoms with van der Waals surface area (Å²) in [5.74, 6) is -0.383. The second-order valence-electron chi connectivity index (χ2n) is 4.66. The molecule has 0 N–H and O–H groups in total. The van der Waals surface area contributed by atoms with E-state index in [1.807, 2.05) is 0 Å². The lowest BCUT2D eigenvalue weighted by Crippen LogP contribution is -2.25. The predicted octanol–water partition coefficient (Wildman–Crippen LogP) is 2.10. The van der Waals surface area contributed by atoms with Gasteiger partial charge in [-0.1, -0.05) is 24.3 Å². The average molecular weight is 276 g/mol. The molecule has 0 amide bonds. The topological polar surface area (TPSA) is 55.5 Å². The highest BCUT2D eigenvalue weighted by atomic mass is 19.3. The molecular weight excluding hydrogens is 266 g/mol. The van der Waals surface area contributed by atoms with E-state index in [9.17, 15) is 18.9 Å². The van der Waals surface area contributed by atoms with Crippen molar-refractivity contribution < 1.29 is 13.7 Å². The fraction of sp³-hybridized carbons (Fsp3) is 0.214. The van der Waals surface area contributed by atoms with Crippen molar-refractivity contribution in [3.8, 4) is 0 Å². The van der Waals surface area contributed by atoms with Gasteiger partial charge in [0.2, 0.25) is 6.43 Å². The first kappa shape index (κ1) is 12.7. The Hall–Kier alpha value is -2.37. The minimum Gasteiger partial charge on any atom is -0.258 e. The molecule has 1 aliphatic carbocycles. The lowest BCUT2D eigenvalue weighted by atomic mass is 9.94. The van der Waals surface area contributed by atoms with Gasteiger partial charge in [0.25, 0.3) is 5.69 Å². The first-order chi connectivity index (χ1) is 9.56. The summed E-state index contributed by atoms with van der Waals surface area (Å²) >= 11 is 0. The van der Waals surface area contributed by atoms with Crippen molar-refractivity contribution in [3.05, 3.63) is 62.8 Å². The highest BCUT2D eigenvalue weighted by Crippen LogP contribution is 2.28. The molecule has 0 saturated carbocycles. The molecule has 2 aliphatic rings. The van der Waals surface area contributed by atoms with Crippen molar-refractivity contribution in [2.24, 2.45) is 10.9 Å². The second kappa shape index (κ2) is 4.63. The van der Waals surface area contributed by atoms with Gasteiger partial charge in [-0.3, -0.25) is 10.1 Å². The highest BCUT2D eigenvalue weighted by Gasteiger charge is 2.23. The first-order valence-corrected chi connectivity index (χ1v) is 6.11.